The summed E-state index contributed by atoms with van der Waals surface area (Å²) in [6, 6.07) is 7.88. The summed E-state index contributed by atoms with van der Waals surface area (Å²) < 4.78 is 7.11. The lowest BCUT2D eigenvalue weighted by Crippen LogP contribution is -2.33. The molecule has 8 nitrogen and oxygen atoms in total. The van der Waals surface area contributed by atoms with Crippen molar-refractivity contribution in [1.82, 2.24) is 25.1 Å². The number of aryl methyl sites for hydroxylation is 2. The standard InChI is InChI=1S/C21H28N6O2/c1-16(7-8-17-6-5-15-29-17)22-21(28)12-11-19-24-23-18-9-10-20(25-27(18)19)26-13-3-2-4-14-26/h5-6,9-10,15-16H,2-4,7-8,11-14H2,1H3,(H,22,28). The lowest BCUT2D eigenvalue weighted by atomic mass is 10.1. The average Bonchev–Trinajstić information content (AvgIpc) is 3.41. The van der Waals surface area contributed by atoms with Crippen LogP contribution in [0.1, 0.15) is 50.6 Å². The van der Waals surface area contributed by atoms with Gasteiger partial charge in [0.1, 0.15) is 11.6 Å². The first-order chi connectivity index (χ1) is 14.2. The number of carbonyl (C=O) groups excluding carboxylic acids is 1. The van der Waals surface area contributed by atoms with Gasteiger partial charge in [-0.05, 0) is 56.9 Å². The molecule has 1 atom stereocenters. The smallest absolute Gasteiger partial charge is 0.220 e. The average molecular weight is 396 g/mol. The highest BCUT2D eigenvalue weighted by molar-refractivity contribution is 5.76. The molecule has 1 fully saturated rings. The van der Waals surface area contributed by atoms with Gasteiger partial charge in [0, 0.05) is 38.4 Å². The number of rotatable bonds is 8. The third-order valence-electron chi connectivity index (χ3n) is 5.38. The van der Waals surface area contributed by atoms with Crippen molar-refractivity contribution in [3.8, 4) is 0 Å². The highest BCUT2D eigenvalue weighted by Crippen LogP contribution is 2.18. The van der Waals surface area contributed by atoms with Crippen LogP contribution in [-0.4, -0.2) is 44.8 Å². The van der Waals surface area contributed by atoms with Crippen LogP contribution in [0.4, 0.5) is 5.82 Å². The van der Waals surface area contributed by atoms with Crippen molar-refractivity contribution in [2.24, 2.45) is 0 Å². The molecule has 1 amide bonds. The number of amides is 1. The molecule has 0 radical (unpaired) electrons. The van der Waals surface area contributed by atoms with Crippen LogP contribution in [0.5, 0.6) is 0 Å². The Morgan fingerprint density at radius 2 is 2.03 bits per heavy atom. The van der Waals surface area contributed by atoms with Crippen LogP contribution in [0.2, 0.25) is 0 Å². The molecule has 1 N–H and O–H groups in total. The fourth-order valence-corrected chi connectivity index (χ4v) is 3.73. The molecule has 1 saturated heterocycles. The van der Waals surface area contributed by atoms with E-state index in [0.29, 0.717) is 18.5 Å². The second-order valence-corrected chi connectivity index (χ2v) is 7.71. The van der Waals surface area contributed by atoms with E-state index in [2.05, 4.69) is 20.4 Å². The molecule has 1 unspecified atom stereocenters. The van der Waals surface area contributed by atoms with Crippen molar-refractivity contribution in [2.45, 2.75) is 57.9 Å². The first-order valence-electron chi connectivity index (χ1n) is 10.5. The summed E-state index contributed by atoms with van der Waals surface area (Å²) >= 11 is 0. The number of nitrogens with zero attached hydrogens (tertiary/aromatic N) is 5. The van der Waals surface area contributed by atoms with Gasteiger partial charge in [-0.1, -0.05) is 0 Å². The monoisotopic (exact) mass is 396 g/mol. The van der Waals surface area contributed by atoms with Gasteiger partial charge in [0.25, 0.3) is 0 Å². The van der Waals surface area contributed by atoms with Crippen molar-refractivity contribution in [3.63, 3.8) is 0 Å². The van der Waals surface area contributed by atoms with E-state index in [9.17, 15) is 4.79 Å². The van der Waals surface area contributed by atoms with Crippen LogP contribution in [-0.2, 0) is 17.6 Å². The molecular formula is C21H28N6O2. The van der Waals surface area contributed by atoms with Crippen molar-refractivity contribution in [3.05, 3.63) is 42.1 Å². The molecule has 0 bridgehead atoms. The fourth-order valence-electron chi connectivity index (χ4n) is 3.73. The highest BCUT2D eigenvalue weighted by Gasteiger charge is 2.16. The van der Waals surface area contributed by atoms with E-state index in [1.165, 1.54) is 19.3 Å². The summed E-state index contributed by atoms with van der Waals surface area (Å²) in [6.07, 6.45) is 7.88. The fraction of sp³-hybridized carbons (Fsp3) is 0.524. The third kappa shape index (κ3) is 4.93. The van der Waals surface area contributed by atoms with Gasteiger partial charge in [0.05, 0.1) is 6.26 Å². The molecule has 1 aliphatic heterocycles. The molecule has 154 valence electrons. The second kappa shape index (κ2) is 9.07. The van der Waals surface area contributed by atoms with E-state index >= 15 is 0 Å². The van der Waals surface area contributed by atoms with Gasteiger partial charge in [-0.2, -0.15) is 4.52 Å². The number of hydrogen-bond acceptors (Lipinski definition) is 6. The zero-order valence-corrected chi connectivity index (χ0v) is 16.9. The summed E-state index contributed by atoms with van der Waals surface area (Å²) in [5, 5.41) is 16.2. The van der Waals surface area contributed by atoms with Gasteiger partial charge in [-0.15, -0.1) is 15.3 Å². The van der Waals surface area contributed by atoms with Crippen molar-refractivity contribution in [1.29, 1.82) is 0 Å². The molecule has 3 aromatic rings. The van der Waals surface area contributed by atoms with E-state index in [4.69, 9.17) is 9.52 Å². The van der Waals surface area contributed by atoms with E-state index < -0.39 is 0 Å². The van der Waals surface area contributed by atoms with Crippen LogP contribution in [0.25, 0.3) is 5.65 Å². The first kappa shape index (κ1) is 19.4. The first-order valence-corrected chi connectivity index (χ1v) is 10.5. The minimum absolute atomic E-state index is 0.0147. The van der Waals surface area contributed by atoms with Gasteiger partial charge in [-0.3, -0.25) is 4.79 Å². The Morgan fingerprint density at radius 3 is 2.83 bits per heavy atom. The topological polar surface area (TPSA) is 88.6 Å². The Kier molecular flexibility index (Phi) is 6.07. The summed E-state index contributed by atoms with van der Waals surface area (Å²) in [6.45, 7) is 4.09. The van der Waals surface area contributed by atoms with Crippen LogP contribution >= 0.6 is 0 Å². The third-order valence-corrected chi connectivity index (χ3v) is 5.38. The number of aromatic nitrogens is 4. The number of carbonyl (C=O) groups is 1. The lowest BCUT2D eigenvalue weighted by Gasteiger charge is -2.27. The molecule has 29 heavy (non-hydrogen) atoms. The molecule has 0 spiro atoms. The number of furan rings is 1. The Morgan fingerprint density at radius 1 is 1.17 bits per heavy atom. The normalized spacial score (nSPS) is 15.6. The molecule has 4 heterocycles. The second-order valence-electron chi connectivity index (χ2n) is 7.71. The van der Waals surface area contributed by atoms with Crippen molar-refractivity contribution >= 4 is 17.4 Å². The van der Waals surface area contributed by atoms with Crippen LogP contribution < -0.4 is 10.2 Å². The zero-order valence-electron chi connectivity index (χ0n) is 16.9. The van der Waals surface area contributed by atoms with Gasteiger partial charge in [0.15, 0.2) is 11.5 Å². The number of anilines is 1. The number of piperidine rings is 1. The molecule has 3 aromatic heterocycles. The maximum Gasteiger partial charge on any atom is 0.220 e. The summed E-state index contributed by atoms with van der Waals surface area (Å²) in [5.74, 6) is 2.63. The summed E-state index contributed by atoms with van der Waals surface area (Å²) in [4.78, 5) is 14.6. The summed E-state index contributed by atoms with van der Waals surface area (Å²) in [7, 11) is 0. The predicted octanol–water partition coefficient (Wildman–Crippen LogP) is 2.78. The highest BCUT2D eigenvalue weighted by atomic mass is 16.3. The van der Waals surface area contributed by atoms with E-state index in [1.54, 1.807) is 10.8 Å². The van der Waals surface area contributed by atoms with Gasteiger partial charge in [-0.25, -0.2) is 0 Å². The molecule has 1 aliphatic rings. The van der Waals surface area contributed by atoms with Crippen LogP contribution in [0.15, 0.2) is 34.9 Å². The molecule has 0 saturated carbocycles. The largest absolute Gasteiger partial charge is 0.469 e. The Hall–Kier alpha value is -2.90. The predicted molar refractivity (Wildman–Crippen MR) is 110 cm³/mol. The van der Waals surface area contributed by atoms with Gasteiger partial charge in [0.2, 0.25) is 5.91 Å². The molecule has 8 heteroatoms. The number of nitrogens with one attached hydrogen (secondary N) is 1. The summed E-state index contributed by atoms with van der Waals surface area (Å²) in [5.41, 5.74) is 0.716. The molecular weight excluding hydrogens is 368 g/mol. The Bertz CT molecular complexity index is 930. The Labute approximate surface area is 170 Å². The number of hydrogen-bond donors (Lipinski definition) is 1. The maximum absolute atomic E-state index is 12.3. The minimum atomic E-state index is 0.0147. The molecule has 4 rings (SSSR count). The zero-order chi connectivity index (χ0) is 20.1. The maximum atomic E-state index is 12.3. The van der Waals surface area contributed by atoms with Crippen molar-refractivity contribution < 1.29 is 9.21 Å². The van der Waals surface area contributed by atoms with E-state index in [1.807, 2.05) is 31.2 Å². The minimum Gasteiger partial charge on any atom is -0.469 e. The van der Waals surface area contributed by atoms with Gasteiger partial charge >= 0.3 is 0 Å². The molecule has 0 aliphatic carbocycles. The number of fused-ring (bicyclic) bond motifs is 1. The Balaban J connectivity index is 1.32. The lowest BCUT2D eigenvalue weighted by molar-refractivity contribution is -0.121. The van der Waals surface area contributed by atoms with Crippen LogP contribution in [0, 0.1) is 0 Å². The molecule has 0 aromatic carbocycles. The van der Waals surface area contributed by atoms with E-state index in [0.717, 1.165) is 43.3 Å². The van der Waals surface area contributed by atoms with Crippen LogP contribution in [0.3, 0.4) is 0 Å². The quantitative estimate of drug-likeness (QED) is 0.630. The SMILES string of the molecule is CC(CCc1ccco1)NC(=O)CCc1nnc2ccc(N3CCCCC3)nn12. The van der Waals surface area contributed by atoms with E-state index in [-0.39, 0.29) is 11.9 Å². The van der Waals surface area contributed by atoms with Gasteiger partial charge < -0.3 is 14.6 Å². The van der Waals surface area contributed by atoms with Crippen molar-refractivity contribution in [2.75, 3.05) is 18.0 Å².